The molecule has 0 saturated heterocycles. The smallest absolute Gasteiger partial charge is 0.306 e. The molecule has 0 aliphatic heterocycles. The van der Waals surface area contributed by atoms with Gasteiger partial charge in [0.15, 0.2) is 6.10 Å². The molecule has 0 amide bonds. The van der Waals surface area contributed by atoms with Gasteiger partial charge < -0.3 is 14.2 Å². The maximum Gasteiger partial charge on any atom is 0.306 e. The van der Waals surface area contributed by atoms with Gasteiger partial charge in [-0.3, -0.25) is 14.4 Å². The van der Waals surface area contributed by atoms with E-state index in [1.807, 2.05) is 0 Å². The zero-order valence-electron chi connectivity index (χ0n) is 52.9. The summed E-state index contributed by atoms with van der Waals surface area (Å²) in [6, 6.07) is 0. The van der Waals surface area contributed by atoms with Crippen molar-refractivity contribution in [1.29, 1.82) is 0 Å². The van der Waals surface area contributed by atoms with Gasteiger partial charge >= 0.3 is 17.9 Å². The Kier molecular flexibility index (Phi) is 65.1. The minimum Gasteiger partial charge on any atom is -0.462 e. The van der Waals surface area contributed by atoms with E-state index in [1.54, 1.807) is 0 Å². The maximum absolute atomic E-state index is 12.9. The highest BCUT2D eigenvalue weighted by Gasteiger charge is 2.19. The van der Waals surface area contributed by atoms with Crippen LogP contribution in [0.3, 0.4) is 0 Å². The van der Waals surface area contributed by atoms with Crippen LogP contribution in [0.15, 0.2) is 60.8 Å². The third-order valence-electron chi connectivity index (χ3n) is 15.5. The summed E-state index contributed by atoms with van der Waals surface area (Å²) >= 11 is 0. The van der Waals surface area contributed by atoms with Crippen molar-refractivity contribution < 1.29 is 28.6 Å². The van der Waals surface area contributed by atoms with Crippen LogP contribution in [-0.4, -0.2) is 37.2 Å². The second-order valence-corrected chi connectivity index (χ2v) is 23.4. The van der Waals surface area contributed by atoms with Gasteiger partial charge in [-0.1, -0.05) is 326 Å². The van der Waals surface area contributed by atoms with E-state index in [2.05, 4.69) is 81.5 Å². The van der Waals surface area contributed by atoms with Gasteiger partial charge in [-0.25, -0.2) is 0 Å². The standard InChI is InChI=1S/C73H132O6/c1-4-7-10-13-16-19-22-25-27-29-31-33-34-35-36-37-38-39-40-41-43-44-46-48-51-54-57-60-63-66-72(75)78-69-70(68-77-71(74)65-62-59-56-53-50-24-21-18-15-12-9-6-3)79-73(76)67-64-61-58-55-52-49-47-45-42-32-30-28-26-23-20-17-14-11-8-5-2/h7,10,16,18-19,21,25,27,31,33,70H,4-6,8-9,11-15,17,20,22-24,26,28-30,32,34-69H2,1-3H3/b10-7-,19-16-,21-18-,27-25-,33-31-. The van der Waals surface area contributed by atoms with E-state index in [0.717, 1.165) is 89.9 Å². The van der Waals surface area contributed by atoms with Crippen molar-refractivity contribution in [2.75, 3.05) is 13.2 Å². The molecule has 0 aliphatic rings. The van der Waals surface area contributed by atoms with Crippen molar-refractivity contribution in [3.8, 4) is 0 Å². The van der Waals surface area contributed by atoms with Crippen LogP contribution in [0.5, 0.6) is 0 Å². The first kappa shape index (κ1) is 76.1. The number of unbranched alkanes of at least 4 members (excludes halogenated alkanes) is 43. The van der Waals surface area contributed by atoms with Crippen LogP contribution in [-0.2, 0) is 28.6 Å². The molecule has 6 heteroatoms. The molecule has 0 rings (SSSR count). The highest BCUT2D eigenvalue weighted by molar-refractivity contribution is 5.71. The molecule has 0 N–H and O–H groups in total. The largest absolute Gasteiger partial charge is 0.462 e. The summed E-state index contributed by atoms with van der Waals surface area (Å²) in [5.41, 5.74) is 0. The second kappa shape index (κ2) is 67.6. The van der Waals surface area contributed by atoms with Crippen molar-refractivity contribution >= 4 is 17.9 Å². The minimum atomic E-state index is -0.775. The van der Waals surface area contributed by atoms with E-state index in [0.29, 0.717) is 19.3 Å². The molecule has 6 nitrogen and oxygen atoms in total. The first-order chi connectivity index (χ1) is 39.0. The Balaban J connectivity index is 4.18. The predicted molar refractivity (Wildman–Crippen MR) is 344 cm³/mol. The molecular formula is C73H132O6. The molecule has 0 saturated carbocycles. The average molecular weight is 1110 g/mol. The summed E-state index contributed by atoms with van der Waals surface area (Å²) in [5, 5.41) is 0. The summed E-state index contributed by atoms with van der Waals surface area (Å²) in [7, 11) is 0. The average Bonchev–Trinajstić information content (AvgIpc) is 3.45. The normalized spacial score (nSPS) is 12.4. The number of hydrogen-bond acceptors (Lipinski definition) is 6. The number of esters is 3. The minimum absolute atomic E-state index is 0.0715. The van der Waals surface area contributed by atoms with Gasteiger partial charge in [0.2, 0.25) is 0 Å². The highest BCUT2D eigenvalue weighted by atomic mass is 16.6. The summed E-state index contributed by atoms with van der Waals surface area (Å²) < 4.78 is 17.0. The van der Waals surface area contributed by atoms with Crippen LogP contribution in [0, 0.1) is 0 Å². The number of rotatable bonds is 64. The summed E-state index contributed by atoms with van der Waals surface area (Å²) in [4.78, 5) is 38.4. The molecule has 1 atom stereocenters. The predicted octanol–water partition coefficient (Wildman–Crippen LogP) is 23.9. The van der Waals surface area contributed by atoms with E-state index >= 15 is 0 Å². The molecule has 460 valence electrons. The van der Waals surface area contributed by atoms with Gasteiger partial charge in [-0.15, -0.1) is 0 Å². The maximum atomic E-state index is 12.9. The molecule has 0 spiro atoms. The lowest BCUT2D eigenvalue weighted by atomic mass is 10.0. The molecule has 0 bridgehead atoms. The van der Waals surface area contributed by atoms with E-state index in [-0.39, 0.29) is 31.1 Å². The SMILES string of the molecule is CC/C=C\C/C=C\C/C=C\C/C=C\CCCCCCCCCCCCCCCCCCC(=O)OCC(COC(=O)CCCCCCC/C=C\CCCCC)OC(=O)CCCCCCCCCCCCCCCCCCCCCC. The van der Waals surface area contributed by atoms with Crippen LogP contribution in [0.1, 0.15) is 367 Å². The molecule has 0 fully saturated rings. The van der Waals surface area contributed by atoms with Gasteiger partial charge in [0.05, 0.1) is 0 Å². The van der Waals surface area contributed by atoms with Crippen LogP contribution < -0.4 is 0 Å². The number of hydrogen-bond donors (Lipinski definition) is 0. The molecule has 0 aromatic rings. The van der Waals surface area contributed by atoms with E-state index in [4.69, 9.17) is 14.2 Å². The fourth-order valence-corrected chi connectivity index (χ4v) is 10.3. The zero-order valence-corrected chi connectivity index (χ0v) is 52.9. The summed E-state index contributed by atoms with van der Waals surface area (Å²) in [6.07, 6.45) is 86.8. The quantitative estimate of drug-likeness (QED) is 0.0261. The Morgan fingerprint density at radius 3 is 0.810 bits per heavy atom. The number of carbonyl (C=O) groups is 3. The molecule has 0 aliphatic carbocycles. The molecule has 0 aromatic heterocycles. The van der Waals surface area contributed by atoms with Crippen LogP contribution in [0.4, 0.5) is 0 Å². The van der Waals surface area contributed by atoms with Crippen molar-refractivity contribution in [2.24, 2.45) is 0 Å². The van der Waals surface area contributed by atoms with Crippen molar-refractivity contribution in [3.05, 3.63) is 60.8 Å². The van der Waals surface area contributed by atoms with E-state index < -0.39 is 6.10 Å². The van der Waals surface area contributed by atoms with Crippen molar-refractivity contribution in [1.82, 2.24) is 0 Å². The van der Waals surface area contributed by atoms with Crippen LogP contribution >= 0.6 is 0 Å². The molecule has 1 unspecified atom stereocenters. The van der Waals surface area contributed by atoms with Gasteiger partial charge in [0.1, 0.15) is 13.2 Å². The highest BCUT2D eigenvalue weighted by Crippen LogP contribution is 2.18. The molecule has 0 aromatic carbocycles. The Bertz CT molecular complexity index is 1410. The van der Waals surface area contributed by atoms with Crippen LogP contribution in [0.2, 0.25) is 0 Å². The molecule has 79 heavy (non-hydrogen) atoms. The lowest BCUT2D eigenvalue weighted by molar-refractivity contribution is -0.167. The van der Waals surface area contributed by atoms with Gasteiger partial charge in [0.25, 0.3) is 0 Å². The van der Waals surface area contributed by atoms with E-state index in [1.165, 1.54) is 238 Å². The Morgan fingerprint density at radius 1 is 0.266 bits per heavy atom. The fourth-order valence-electron chi connectivity index (χ4n) is 10.3. The topological polar surface area (TPSA) is 78.9 Å². The van der Waals surface area contributed by atoms with E-state index in [9.17, 15) is 14.4 Å². The number of ether oxygens (including phenoxy) is 3. The lowest BCUT2D eigenvalue weighted by Crippen LogP contribution is -2.30. The third-order valence-corrected chi connectivity index (χ3v) is 15.5. The first-order valence-corrected chi connectivity index (χ1v) is 34.8. The molecule has 0 heterocycles. The Morgan fingerprint density at radius 2 is 0.494 bits per heavy atom. The van der Waals surface area contributed by atoms with Crippen molar-refractivity contribution in [3.63, 3.8) is 0 Å². The van der Waals surface area contributed by atoms with Crippen molar-refractivity contribution in [2.45, 2.75) is 374 Å². The Labute approximate surface area is 491 Å². The van der Waals surface area contributed by atoms with Gasteiger partial charge in [-0.2, -0.15) is 0 Å². The summed E-state index contributed by atoms with van der Waals surface area (Å²) in [5.74, 6) is -0.856. The second-order valence-electron chi connectivity index (χ2n) is 23.4. The lowest BCUT2D eigenvalue weighted by Gasteiger charge is -2.18. The van der Waals surface area contributed by atoms with Gasteiger partial charge in [0, 0.05) is 19.3 Å². The third kappa shape index (κ3) is 65.8. The molecule has 0 radical (unpaired) electrons. The van der Waals surface area contributed by atoms with Crippen LogP contribution in [0.25, 0.3) is 0 Å². The number of carbonyl (C=O) groups excluding carboxylic acids is 3. The molecular weight excluding hydrogens is 973 g/mol. The Hall–Kier alpha value is -2.89. The monoisotopic (exact) mass is 1110 g/mol. The first-order valence-electron chi connectivity index (χ1n) is 34.8. The summed E-state index contributed by atoms with van der Waals surface area (Å²) in [6.45, 7) is 6.56. The number of allylic oxidation sites excluding steroid dienone is 10. The zero-order chi connectivity index (χ0) is 57.1. The fraction of sp³-hybridized carbons (Fsp3) is 0.822. The van der Waals surface area contributed by atoms with Gasteiger partial charge in [-0.05, 0) is 83.5 Å².